The summed E-state index contributed by atoms with van der Waals surface area (Å²) in [5.74, 6) is 0.714. The average molecular weight is 231 g/mol. The molecule has 0 aliphatic heterocycles. The van der Waals surface area contributed by atoms with Crippen molar-refractivity contribution in [2.24, 2.45) is 5.41 Å². The topological polar surface area (TPSA) is 12.0 Å². The minimum Gasteiger partial charge on any atom is -0.314 e. The van der Waals surface area contributed by atoms with Crippen LogP contribution in [0, 0.1) is 19.3 Å². The molecule has 2 rings (SSSR count). The van der Waals surface area contributed by atoms with Crippen LogP contribution in [0.15, 0.2) is 18.2 Å². The normalized spacial score (nSPS) is 26.6. The smallest absolute Gasteiger partial charge is 0.0130 e. The fourth-order valence-electron chi connectivity index (χ4n) is 3.18. The van der Waals surface area contributed by atoms with Crippen LogP contribution >= 0.6 is 0 Å². The van der Waals surface area contributed by atoms with E-state index in [2.05, 4.69) is 58.1 Å². The summed E-state index contributed by atoms with van der Waals surface area (Å²) in [6, 6.07) is 7.54. The van der Waals surface area contributed by atoms with E-state index in [1.165, 1.54) is 17.5 Å². The molecule has 1 fully saturated rings. The predicted octanol–water partition coefficient (Wildman–Crippen LogP) is 3.80. The average Bonchev–Trinajstić information content (AvgIpc) is 2.28. The van der Waals surface area contributed by atoms with Crippen LogP contribution < -0.4 is 5.32 Å². The Morgan fingerprint density at radius 2 is 2.00 bits per heavy atom. The zero-order chi connectivity index (χ0) is 12.6. The molecule has 1 aliphatic rings. The Kier molecular flexibility index (Phi) is 3.31. The van der Waals surface area contributed by atoms with Crippen molar-refractivity contribution < 1.29 is 0 Å². The van der Waals surface area contributed by atoms with Gasteiger partial charge < -0.3 is 5.32 Å². The van der Waals surface area contributed by atoms with Crippen LogP contribution in [0.25, 0.3) is 0 Å². The van der Waals surface area contributed by atoms with Gasteiger partial charge in [0.25, 0.3) is 0 Å². The first-order chi connectivity index (χ1) is 7.96. The molecule has 0 spiro atoms. The van der Waals surface area contributed by atoms with Gasteiger partial charge in [-0.05, 0) is 49.3 Å². The second-order valence-corrected chi connectivity index (χ2v) is 6.08. The SMILES string of the molecule is CCNC1CC(c2cc(C)ccc2C)C1(C)C. The fourth-order valence-corrected chi connectivity index (χ4v) is 3.18. The molecule has 17 heavy (non-hydrogen) atoms. The minimum absolute atomic E-state index is 0.383. The maximum atomic E-state index is 3.61. The maximum absolute atomic E-state index is 3.61. The van der Waals surface area contributed by atoms with E-state index in [0.29, 0.717) is 17.4 Å². The van der Waals surface area contributed by atoms with E-state index in [-0.39, 0.29) is 0 Å². The van der Waals surface area contributed by atoms with Crippen LogP contribution in [0.2, 0.25) is 0 Å². The lowest BCUT2D eigenvalue weighted by Crippen LogP contribution is -2.55. The summed E-state index contributed by atoms with van der Waals surface area (Å²) >= 11 is 0. The van der Waals surface area contributed by atoms with Gasteiger partial charge in [0.05, 0.1) is 0 Å². The zero-order valence-electron chi connectivity index (χ0n) is 11.8. The summed E-state index contributed by atoms with van der Waals surface area (Å²) in [7, 11) is 0. The van der Waals surface area contributed by atoms with Crippen LogP contribution in [0.3, 0.4) is 0 Å². The molecule has 2 atom stereocenters. The van der Waals surface area contributed by atoms with Gasteiger partial charge in [0.15, 0.2) is 0 Å². The van der Waals surface area contributed by atoms with E-state index in [0.717, 1.165) is 6.54 Å². The van der Waals surface area contributed by atoms with Gasteiger partial charge in [-0.2, -0.15) is 0 Å². The van der Waals surface area contributed by atoms with Crippen molar-refractivity contribution in [1.29, 1.82) is 0 Å². The molecule has 1 heteroatoms. The van der Waals surface area contributed by atoms with Crippen molar-refractivity contribution in [3.8, 4) is 0 Å². The van der Waals surface area contributed by atoms with Crippen LogP contribution in [0.1, 0.15) is 49.8 Å². The van der Waals surface area contributed by atoms with Crippen molar-refractivity contribution in [1.82, 2.24) is 5.32 Å². The molecule has 94 valence electrons. The van der Waals surface area contributed by atoms with E-state index in [9.17, 15) is 0 Å². The number of benzene rings is 1. The number of rotatable bonds is 3. The van der Waals surface area contributed by atoms with Gasteiger partial charge in [0.1, 0.15) is 0 Å². The molecular weight excluding hydrogens is 206 g/mol. The largest absolute Gasteiger partial charge is 0.314 e. The lowest BCUT2D eigenvalue weighted by atomic mass is 9.55. The fraction of sp³-hybridized carbons (Fsp3) is 0.625. The Morgan fingerprint density at radius 3 is 2.59 bits per heavy atom. The summed E-state index contributed by atoms with van der Waals surface area (Å²) in [4.78, 5) is 0. The van der Waals surface area contributed by atoms with Crippen LogP contribution in [0.4, 0.5) is 0 Å². The standard InChI is InChI=1S/C16H25N/c1-6-17-15-10-14(16(15,4)5)13-9-11(2)7-8-12(13)3/h7-9,14-15,17H,6,10H2,1-5H3. The van der Waals surface area contributed by atoms with Crippen LogP contribution in [-0.4, -0.2) is 12.6 Å². The molecule has 0 bridgehead atoms. The first kappa shape index (κ1) is 12.6. The molecule has 2 unspecified atom stereocenters. The van der Waals surface area contributed by atoms with E-state index in [4.69, 9.17) is 0 Å². The van der Waals surface area contributed by atoms with Crippen molar-refractivity contribution in [2.75, 3.05) is 6.54 Å². The monoisotopic (exact) mass is 231 g/mol. The third kappa shape index (κ3) is 2.13. The predicted molar refractivity (Wildman–Crippen MR) is 74.5 cm³/mol. The Bertz CT molecular complexity index is 406. The Labute approximate surface area is 106 Å². The van der Waals surface area contributed by atoms with Crippen molar-refractivity contribution in [3.63, 3.8) is 0 Å². The Balaban J connectivity index is 2.23. The highest BCUT2D eigenvalue weighted by atomic mass is 15.0. The maximum Gasteiger partial charge on any atom is 0.0130 e. The van der Waals surface area contributed by atoms with Gasteiger partial charge >= 0.3 is 0 Å². The molecule has 0 radical (unpaired) electrons. The number of hydrogen-bond acceptors (Lipinski definition) is 1. The van der Waals surface area contributed by atoms with E-state index in [1.54, 1.807) is 5.56 Å². The molecule has 1 aliphatic carbocycles. The van der Waals surface area contributed by atoms with E-state index < -0.39 is 0 Å². The van der Waals surface area contributed by atoms with Crippen LogP contribution in [0.5, 0.6) is 0 Å². The quantitative estimate of drug-likeness (QED) is 0.834. The molecule has 1 saturated carbocycles. The second-order valence-electron chi connectivity index (χ2n) is 6.08. The summed E-state index contributed by atoms with van der Waals surface area (Å²) in [5.41, 5.74) is 4.77. The summed E-state index contributed by atoms with van der Waals surface area (Å²) in [6.07, 6.45) is 1.28. The molecule has 1 N–H and O–H groups in total. The highest BCUT2D eigenvalue weighted by molar-refractivity contribution is 5.37. The Hall–Kier alpha value is -0.820. The zero-order valence-corrected chi connectivity index (χ0v) is 11.8. The number of aryl methyl sites for hydroxylation is 2. The molecule has 1 nitrogen and oxygen atoms in total. The summed E-state index contributed by atoms with van der Waals surface area (Å²) in [6.45, 7) is 12.5. The highest BCUT2D eigenvalue weighted by Gasteiger charge is 2.48. The van der Waals surface area contributed by atoms with Crippen molar-refractivity contribution in [3.05, 3.63) is 34.9 Å². The van der Waals surface area contributed by atoms with Crippen molar-refractivity contribution >= 4 is 0 Å². The van der Waals surface area contributed by atoms with Gasteiger partial charge in [0, 0.05) is 6.04 Å². The lowest BCUT2D eigenvalue weighted by molar-refractivity contribution is 0.0702. The first-order valence-corrected chi connectivity index (χ1v) is 6.77. The molecule has 0 aromatic heterocycles. The molecule has 0 amide bonds. The third-order valence-corrected chi connectivity index (χ3v) is 4.53. The van der Waals surface area contributed by atoms with Gasteiger partial charge in [-0.1, -0.05) is 44.5 Å². The molecule has 0 heterocycles. The first-order valence-electron chi connectivity index (χ1n) is 6.77. The highest BCUT2D eigenvalue weighted by Crippen LogP contribution is 2.53. The van der Waals surface area contributed by atoms with Gasteiger partial charge in [0.2, 0.25) is 0 Å². The Morgan fingerprint density at radius 1 is 1.29 bits per heavy atom. The van der Waals surface area contributed by atoms with E-state index in [1.807, 2.05) is 0 Å². The van der Waals surface area contributed by atoms with Crippen LogP contribution in [-0.2, 0) is 0 Å². The van der Waals surface area contributed by atoms with Gasteiger partial charge in [-0.3, -0.25) is 0 Å². The van der Waals surface area contributed by atoms with Gasteiger partial charge in [-0.15, -0.1) is 0 Å². The number of nitrogens with one attached hydrogen (secondary N) is 1. The molecular formula is C16H25N. The summed E-state index contributed by atoms with van der Waals surface area (Å²) < 4.78 is 0. The van der Waals surface area contributed by atoms with Gasteiger partial charge in [-0.25, -0.2) is 0 Å². The molecule has 1 aromatic carbocycles. The number of hydrogen-bond donors (Lipinski definition) is 1. The molecule has 0 saturated heterocycles. The summed E-state index contributed by atoms with van der Waals surface area (Å²) in [5, 5.41) is 3.61. The minimum atomic E-state index is 0.383. The lowest BCUT2D eigenvalue weighted by Gasteiger charge is -2.53. The van der Waals surface area contributed by atoms with E-state index >= 15 is 0 Å². The second kappa shape index (κ2) is 4.45. The molecule has 1 aromatic rings. The third-order valence-electron chi connectivity index (χ3n) is 4.53. The van der Waals surface area contributed by atoms with Crippen molar-refractivity contribution in [2.45, 2.75) is 53.0 Å².